The summed E-state index contributed by atoms with van der Waals surface area (Å²) in [4.78, 5) is 48.3. The number of aliphatic imine (C=N–C) groups is 1. The fraction of sp³-hybridized carbons (Fsp3) is 0.345. The maximum Gasteiger partial charge on any atom is 0.280 e. The van der Waals surface area contributed by atoms with Crippen molar-refractivity contribution in [1.29, 1.82) is 0 Å². The molecule has 0 fully saturated rings. The summed E-state index contributed by atoms with van der Waals surface area (Å²) in [6.07, 6.45) is 13.9. The Morgan fingerprint density at radius 2 is 1.27 bits per heavy atom. The summed E-state index contributed by atoms with van der Waals surface area (Å²) >= 11 is 5.45. The SMILES string of the molecule is Cc1cc(C2C=CCCC2)c([N+](=O)[O-])cc1C(=O)Cl.Cc1cc(C2C=CCCC2)c([N+](=O)[O-])cc1C(=O)N=C(N)N. The number of amides is 1. The Kier molecular flexibility index (Phi) is 10.5. The van der Waals surface area contributed by atoms with Gasteiger partial charge >= 0.3 is 0 Å². The largest absolute Gasteiger partial charge is 0.370 e. The lowest BCUT2D eigenvalue weighted by Crippen LogP contribution is -2.24. The monoisotopic (exact) mass is 581 g/mol. The van der Waals surface area contributed by atoms with Crippen LogP contribution in [-0.4, -0.2) is 27.0 Å². The molecule has 4 N–H and O–H groups in total. The van der Waals surface area contributed by atoms with E-state index >= 15 is 0 Å². The molecule has 0 radical (unpaired) electrons. The molecule has 2 aromatic rings. The minimum absolute atomic E-state index is 0.0000752. The number of carbonyl (C=O) groups excluding carboxylic acids is 2. The molecule has 0 spiro atoms. The van der Waals surface area contributed by atoms with Crippen LogP contribution in [0.5, 0.6) is 0 Å². The third kappa shape index (κ3) is 7.85. The summed E-state index contributed by atoms with van der Waals surface area (Å²) in [5, 5.41) is 21.9. The normalized spacial score (nSPS) is 17.6. The van der Waals surface area contributed by atoms with Gasteiger partial charge in [0.05, 0.1) is 15.4 Å². The van der Waals surface area contributed by atoms with Gasteiger partial charge in [-0.2, -0.15) is 4.99 Å². The molecule has 2 unspecified atom stereocenters. The van der Waals surface area contributed by atoms with Gasteiger partial charge in [0.25, 0.3) is 22.5 Å². The van der Waals surface area contributed by atoms with Crippen LogP contribution >= 0.6 is 11.6 Å². The van der Waals surface area contributed by atoms with Crippen LogP contribution in [0.25, 0.3) is 0 Å². The van der Waals surface area contributed by atoms with Crippen molar-refractivity contribution in [3.05, 3.63) is 102 Å². The molecule has 0 aromatic heterocycles. The van der Waals surface area contributed by atoms with Gasteiger partial charge in [-0.05, 0) is 87.2 Å². The summed E-state index contributed by atoms with van der Waals surface area (Å²) in [5.41, 5.74) is 13.2. The lowest BCUT2D eigenvalue weighted by Gasteiger charge is -2.18. The van der Waals surface area contributed by atoms with Gasteiger partial charge in [0.15, 0.2) is 5.96 Å². The Balaban J connectivity index is 0.000000228. The second-order valence-corrected chi connectivity index (χ2v) is 10.4. The number of benzene rings is 2. The molecule has 2 atom stereocenters. The van der Waals surface area contributed by atoms with Crippen LogP contribution < -0.4 is 11.5 Å². The Morgan fingerprint density at radius 3 is 1.63 bits per heavy atom. The van der Waals surface area contributed by atoms with Crippen molar-refractivity contribution in [2.75, 3.05) is 0 Å². The van der Waals surface area contributed by atoms with Crippen LogP contribution in [0.4, 0.5) is 11.4 Å². The Morgan fingerprint density at radius 1 is 0.829 bits per heavy atom. The molecule has 4 rings (SSSR count). The molecular formula is C29H32ClN5O6. The number of aryl methyl sites for hydroxylation is 2. The first-order chi connectivity index (χ1) is 19.4. The van der Waals surface area contributed by atoms with Crippen LogP contribution in [0.15, 0.2) is 53.6 Å². The smallest absolute Gasteiger partial charge is 0.280 e. The minimum Gasteiger partial charge on any atom is -0.370 e. The van der Waals surface area contributed by atoms with Crippen molar-refractivity contribution < 1.29 is 19.4 Å². The fourth-order valence-electron chi connectivity index (χ4n) is 5.11. The van der Waals surface area contributed by atoms with Crippen LogP contribution in [0.2, 0.25) is 0 Å². The Bertz CT molecular complexity index is 1460. The Labute approximate surface area is 242 Å². The first kappa shape index (κ1) is 31.2. The third-order valence-corrected chi connectivity index (χ3v) is 7.32. The number of hydrogen-bond donors (Lipinski definition) is 2. The van der Waals surface area contributed by atoms with Crippen molar-refractivity contribution in [1.82, 2.24) is 0 Å². The van der Waals surface area contributed by atoms with E-state index in [2.05, 4.69) is 4.99 Å². The highest BCUT2D eigenvalue weighted by Crippen LogP contribution is 2.37. The molecule has 1 amide bonds. The van der Waals surface area contributed by atoms with E-state index in [1.54, 1.807) is 26.0 Å². The van der Waals surface area contributed by atoms with E-state index in [-0.39, 0.29) is 40.3 Å². The maximum absolute atomic E-state index is 12.0. The van der Waals surface area contributed by atoms with E-state index in [4.69, 9.17) is 23.1 Å². The van der Waals surface area contributed by atoms with Crippen molar-refractivity contribution >= 4 is 40.1 Å². The predicted molar refractivity (Wildman–Crippen MR) is 157 cm³/mol. The zero-order valence-corrected chi connectivity index (χ0v) is 23.6. The summed E-state index contributed by atoms with van der Waals surface area (Å²) in [5.74, 6) is -0.995. The Hall–Kier alpha value is -4.38. The molecule has 2 aliphatic rings. The lowest BCUT2D eigenvalue weighted by atomic mass is 9.86. The number of guanidine groups is 1. The minimum atomic E-state index is -0.675. The third-order valence-electron chi connectivity index (χ3n) is 7.12. The van der Waals surface area contributed by atoms with Gasteiger partial charge in [0.2, 0.25) is 0 Å². The quantitative estimate of drug-likeness (QED) is 0.100. The number of nitrogens with two attached hydrogens (primary N) is 2. The molecule has 0 saturated carbocycles. The van der Waals surface area contributed by atoms with Gasteiger partial charge in [-0.1, -0.05) is 24.3 Å². The molecule has 2 aliphatic carbocycles. The molecule has 11 nitrogen and oxygen atoms in total. The molecule has 41 heavy (non-hydrogen) atoms. The highest BCUT2D eigenvalue weighted by Gasteiger charge is 2.26. The van der Waals surface area contributed by atoms with Crippen molar-refractivity contribution in [2.45, 2.75) is 64.2 Å². The molecule has 0 bridgehead atoms. The van der Waals surface area contributed by atoms with Gasteiger partial charge < -0.3 is 11.5 Å². The average molecular weight is 582 g/mol. The van der Waals surface area contributed by atoms with Crippen molar-refractivity contribution in [3.8, 4) is 0 Å². The second kappa shape index (κ2) is 13.8. The van der Waals surface area contributed by atoms with Gasteiger partial charge in [0, 0.05) is 40.7 Å². The van der Waals surface area contributed by atoms with Crippen LogP contribution in [0.1, 0.15) is 93.3 Å². The predicted octanol–water partition coefficient (Wildman–Crippen LogP) is 6.25. The second-order valence-electron chi connectivity index (χ2n) is 10.0. The number of halogens is 1. The first-order valence-electron chi connectivity index (χ1n) is 13.2. The summed E-state index contributed by atoms with van der Waals surface area (Å²) in [6.45, 7) is 3.46. The number of carbonyl (C=O) groups is 2. The zero-order valence-electron chi connectivity index (χ0n) is 22.8. The van der Waals surface area contributed by atoms with Gasteiger partial charge in [-0.25, -0.2) is 0 Å². The first-order valence-corrected chi connectivity index (χ1v) is 13.5. The number of rotatable bonds is 6. The van der Waals surface area contributed by atoms with Crippen molar-refractivity contribution in [2.24, 2.45) is 16.5 Å². The van der Waals surface area contributed by atoms with Crippen LogP contribution in [0.3, 0.4) is 0 Å². The number of nitrogens with zero attached hydrogens (tertiary/aromatic N) is 3. The standard InChI is InChI=1S/C15H18N4O3.C14H14ClNO3/c1-9-7-12(10-5-3-2-4-6-10)13(19(21)22)8-11(9)14(20)18-15(16)17;1-9-7-12(10-5-3-2-4-6-10)13(16(18)19)8-11(9)14(15)17/h3,5,7-8,10H,2,4,6H2,1H3,(H4,16,17,18,20);3,5,7-8,10H,2,4,6H2,1H3. The summed E-state index contributed by atoms with van der Waals surface area (Å²) in [6, 6.07) is 5.96. The molecular weight excluding hydrogens is 550 g/mol. The van der Waals surface area contributed by atoms with E-state index in [1.807, 2.05) is 24.3 Å². The number of nitro groups is 2. The summed E-state index contributed by atoms with van der Waals surface area (Å²) < 4.78 is 0. The van der Waals surface area contributed by atoms with Crippen LogP contribution in [-0.2, 0) is 0 Å². The molecule has 0 saturated heterocycles. The number of hydrogen-bond acceptors (Lipinski definition) is 6. The molecule has 2 aromatic carbocycles. The van der Waals surface area contributed by atoms with Gasteiger partial charge in [-0.15, -0.1) is 0 Å². The molecule has 0 heterocycles. The zero-order chi connectivity index (χ0) is 30.3. The summed E-state index contributed by atoms with van der Waals surface area (Å²) in [7, 11) is 0. The highest BCUT2D eigenvalue weighted by molar-refractivity contribution is 6.68. The van der Waals surface area contributed by atoms with Gasteiger partial charge in [0.1, 0.15) is 0 Å². The molecule has 0 aliphatic heterocycles. The van der Waals surface area contributed by atoms with E-state index in [0.717, 1.165) is 38.5 Å². The number of allylic oxidation sites excluding steroid dienone is 4. The average Bonchev–Trinajstić information content (AvgIpc) is 2.93. The molecule has 12 heteroatoms. The van der Waals surface area contributed by atoms with Crippen molar-refractivity contribution in [3.63, 3.8) is 0 Å². The fourth-order valence-corrected chi connectivity index (χ4v) is 5.31. The van der Waals surface area contributed by atoms with Crippen LogP contribution in [0, 0.1) is 34.1 Å². The van der Waals surface area contributed by atoms with Gasteiger partial charge in [-0.3, -0.25) is 29.8 Å². The van der Waals surface area contributed by atoms with E-state index in [1.165, 1.54) is 12.1 Å². The maximum atomic E-state index is 12.0. The molecule has 216 valence electrons. The lowest BCUT2D eigenvalue weighted by molar-refractivity contribution is -0.385. The topological polar surface area (TPSA) is 185 Å². The van der Waals surface area contributed by atoms with E-state index in [0.29, 0.717) is 22.3 Å². The van der Waals surface area contributed by atoms with E-state index in [9.17, 15) is 29.8 Å². The van der Waals surface area contributed by atoms with E-state index < -0.39 is 21.0 Å². The number of nitro benzene ring substituents is 2. The highest BCUT2D eigenvalue weighted by atomic mass is 35.5.